The maximum Gasteiger partial charge on any atom is 0.470 e. The molecule has 0 amide bonds. The van der Waals surface area contributed by atoms with Crippen molar-refractivity contribution in [1.82, 2.24) is 10.2 Å². The monoisotopic (exact) mass is 290 g/mol. The van der Waals surface area contributed by atoms with Crippen molar-refractivity contribution in [2.75, 3.05) is 0 Å². The minimum atomic E-state index is -4.68. The van der Waals surface area contributed by atoms with Crippen molar-refractivity contribution in [2.45, 2.75) is 26.1 Å². The fraction of sp³-hybridized carbons (Fsp3) is 0.333. The summed E-state index contributed by atoms with van der Waals surface area (Å²) in [6, 6.07) is 4.06. The smallest absolute Gasteiger partial charge is 0.470 e. The van der Waals surface area contributed by atoms with Crippen molar-refractivity contribution in [3.63, 3.8) is 0 Å². The van der Waals surface area contributed by atoms with Gasteiger partial charge in [0, 0.05) is 0 Å². The molecule has 0 unspecified atom stereocenters. The fourth-order valence-electron chi connectivity index (χ4n) is 1.48. The second-order valence-electron chi connectivity index (χ2n) is 3.89. The lowest BCUT2D eigenvalue weighted by atomic mass is 10.1. The molecule has 0 saturated carbocycles. The van der Waals surface area contributed by atoms with E-state index in [2.05, 4.69) is 14.6 Å². The third kappa shape index (κ3) is 3.25. The van der Waals surface area contributed by atoms with Gasteiger partial charge in [-0.2, -0.15) is 13.2 Å². The van der Waals surface area contributed by atoms with E-state index < -0.39 is 12.1 Å². The van der Waals surface area contributed by atoms with E-state index >= 15 is 0 Å². The van der Waals surface area contributed by atoms with Crippen molar-refractivity contribution in [3.05, 3.63) is 41.4 Å². The Hall–Kier alpha value is -2.12. The highest BCUT2D eigenvalue weighted by molar-refractivity contribution is 5.29. The van der Waals surface area contributed by atoms with Crippen LogP contribution in [0.25, 0.3) is 0 Å². The number of ether oxygens (including phenoxy) is 1. The van der Waals surface area contributed by atoms with Gasteiger partial charge in [0.25, 0.3) is 5.89 Å². The third-order valence-electron chi connectivity index (χ3n) is 2.47. The number of aryl methyl sites for hydroxylation is 1. The number of aromatic nitrogens is 2. The van der Waals surface area contributed by atoms with Crippen LogP contribution < -0.4 is 4.74 Å². The lowest BCUT2D eigenvalue weighted by Crippen LogP contribution is -2.04. The molecule has 4 nitrogen and oxygen atoms in total. The van der Waals surface area contributed by atoms with Gasteiger partial charge in [-0.05, 0) is 30.2 Å². The average Bonchev–Trinajstić information content (AvgIpc) is 2.86. The molecule has 0 aliphatic rings. The Morgan fingerprint density at radius 3 is 2.60 bits per heavy atom. The van der Waals surface area contributed by atoms with Crippen molar-refractivity contribution in [3.8, 4) is 5.75 Å². The second kappa shape index (κ2) is 5.48. The minimum absolute atomic E-state index is 0.306. The fourth-order valence-corrected chi connectivity index (χ4v) is 1.48. The summed E-state index contributed by atoms with van der Waals surface area (Å²) in [6.07, 6.45) is -4.21. The van der Waals surface area contributed by atoms with Crippen LogP contribution in [0.15, 0.2) is 22.6 Å². The van der Waals surface area contributed by atoms with Crippen LogP contribution in [0.3, 0.4) is 0 Å². The average molecular weight is 290 g/mol. The summed E-state index contributed by atoms with van der Waals surface area (Å²) in [6.45, 7) is 1.45. The van der Waals surface area contributed by atoms with Crippen molar-refractivity contribution >= 4 is 0 Å². The molecule has 0 radical (unpaired) electrons. The van der Waals surface area contributed by atoms with Gasteiger partial charge >= 0.3 is 12.1 Å². The van der Waals surface area contributed by atoms with Crippen LogP contribution in [0, 0.1) is 5.82 Å². The molecular weight excluding hydrogens is 280 g/mol. The Bertz CT molecular complexity index is 595. The number of alkyl halides is 3. The van der Waals surface area contributed by atoms with Crippen LogP contribution in [0.1, 0.15) is 24.3 Å². The molecule has 8 heteroatoms. The summed E-state index contributed by atoms with van der Waals surface area (Å²) in [4.78, 5) is 0. The highest BCUT2D eigenvalue weighted by Crippen LogP contribution is 2.28. The van der Waals surface area contributed by atoms with E-state index in [0.717, 1.165) is 0 Å². The number of nitrogens with zero attached hydrogens (tertiary/aromatic N) is 2. The quantitative estimate of drug-likeness (QED) is 0.810. The maximum atomic E-state index is 13.2. The Morgan fingerprint density at radius 2 is 2.00 bits per heavy atom. The summed E-state index contributed by atoms with van der Waals surface area (Å²) in [5.74, 6) is -1.78. The van der Waals surface area contributed by atoms with Crippen molar-refractivity contribution < 1.29 is 26.7 Å². The first-order chi connectivity index (χ1) is 9.40. The van der Waals surface area contributed by atoms with Gasteiger partial charge in [0.2, 0.25) is 0 Å². The van der Waals surface area contributed by atoms with Gasteiger partial charge in [0.05, 0.1) is 0 Å². The van der Waals surface area contributed by atoms with E-state index in [1.165, 1.54) is 18.2 Å². The SMILES string of the molecule is CCc1cc(OCc2nnc(C(F)(F)F)o2)ccc1F. The molecule has 0 N–H and O–H groups in total. The van der Waals surface area contributed by atoms with E-state index in [-0.39, 0.29) is 18.3 Å². The van der Waals surface area contributed by atoms with E-state index in [0.29, 0.717) is 17.7 Å². The lowest BCUT2D eigenvalue weighted by molar-refractivity contribution is -0.157. The number of rotatable bonds is 4. The maximum absolute atomic E-state index is 13.2. The van der Waals surface area contributed by atoms with Crippen LogP contribution >= 0.6 is 0 Å². The molecular formula is C12H10F4N2O2. The minimum Gasteiger partial charge on any atom is -0.484 e. The van der Waals surface area contributed by atoms with Crippen molar-refractivity contribution in [1.29, 1.82) is 0 Å². The predicted molar refractivity (Wildman–Crippen MR) is 59.4 cm³/mol. The number of benzene rings is 1. The first kappa shape index (κ1) is 14.3. The van der Waals surface area contributed by atoms with E-state index in [9.17, 15) is 17.6 Å². The highest BCUT2D eigenvalue weighted by atomic mass is 19.4. The Labute approximate surface area is 111 Å². The zero-order valence-corrected chi connectivity index (χ0v) is 10.4. The summed E-state index contributed by atoms with van der Waals surface area (Å²) in [5.41, 5.74) is 0.448. The number of halogens is 4. The van der Waals surface area contributed by atoms with E-state index in [1.807, 2.05) is 0 Å². The first-order valence-electron chi connectivity index (χ1n) is 5.71. The molecule has 0 spiro atoms. The lowest BCUT2D eigenvalue weighted by Gasteiger charge is -2.06. The molecule has 20 heavy (non-hydrogen) atoms. The molecule has 2 aromatic rings. The molecule has 108 valence electrons. The number of hydrogen-bond acceptors (Lipinski definition) is 4. The van der Waals surface area contributed by atoms with Gasteiger partial charge < -0.3 is 9.15 Å². The summed E-state index contributed by atoms with van der Waals surface area (Å²) < 4.78 is 59.5. The van der Waals surface area contributed by atoms with Gasteiger partial charge in [0.1, 0.15) is 11.6 Å². The molecule has 0 aliphatic heterocycles. The van der Waals surface area contributed by atoms with Crippen LogP contribution in [-0.4, -0.2) is 10.2 Å². The third-order valence-corrected chi connectivity index (χ3v) is 2.47. The molecule has 2 rings (SSSR count). The Morgan fingerprint density at radius 1 is 1.25 bits per heavy atom. The van der Waals surface area contributed by atoms with Gasteiger partial charge in [-0.3, -0.25) is 0 Å². The predicted octanol–water partition coefficient (Wildman–Crippen LogP) is 3.37. The first-order valence-corrected chi connectivity index (χ1v) is 5.71. The zero-order chi connectivity index (χ0) is 14.8. The summed E-state index contributed by atoms with van der Waals surface area (Å²) in [5, 5.41) is 6.09. The van der Waals surface area contributed by atoms with Gasteiger partial charge in [-0.1, -0.05) is 6.92 Å². The van der Waals surface area contributed by atoms with E-state index in [4.69, 9.17) is 4.74 Å². The molecule has 0 fully saturated rings. The van der Waals surface area contributed by atoms with Gasteiger partial charge in [-0.15, -0.1) is 10.2 Å². The molecule has 0 bridgehead atoms. The largest absolute Gasteiger partial charge is 0.484 e. The highest BCUT2D eigenvalue weighted by Gasteiger charge is 2.38. The molecule has 1 heterocycles. The Kier molecular flexibility index (Phi) is 3.91. The van der Waals surface area contributed by atoms with Crippen LogP contribution in [-0.2, 0) is 19.2 Å². The Balaban J connectivity index is 2.04. The van der Waals surface area contributed by atoms with Crippen LogP contribution in [0.4, 0.5) is 17.6 Å². The molecule has 1 aromatic heterocycles. The zero-order valence-electron chi connectivity index (χ0n) is 10.4. The molecule has 0 saturated heterocycles. The molecule has 1 aromatic carbocycles. The topological polar surface area (TPSA) is 48.2 Å². The molecule has 0 aliphatic carbocycles. The standard InChI is InChI=1S/C12H10F4N2O2/c1-2-7-5-8(3-4-9(7)13)19-6-10-17-18-11(20-10)12(14,15)16/h3-5H,2,6H2,1H3. The van der Waals surface area contributed by atoms with Gasteiger partial charge in [-0.25, -0.2) is 4.39 Å². The molecule has 0 atom stereocenters. The van der Waals surface area contributed by atoms with Gasteiger partial charge in [0.15, 0.2) is 6.61 Å². The number of hydrogen-bond donors (Lipinski definition) is 0. The van der Waals surface area contributed by atoms with Crippen LogP contribution in [0.2, 0.25) is 0 Å². The normalized spacial score (nSPS) is 11.7. The van der Waals surface area contributed by atoms with Crippen LogP contribution in [0.5, 0.6) is 5.75 Å². The second-order valence-corrected chi connectivity index (χ2v) is 3.89. The van der Waals surface area contributed by atoms with Crippen molar-refractivity contribution in [2.24, 2.45) is 0 Å². The summed E-state index contributed by atoms with van der Waals surface area (Å²) in [7, 11) is 0. The summed E-state index contributed by atoms with van der Waals surface area (Å²) >= 11 is 0. The van der Waals surface area contributed by atoms with E-state index in [1.54, 1.807) is 6.92 Å².